The summed E-state index contributed by atoms with van der Waals surface area (Å²) in [5.74, 6) is 0. The lowest BCUT2D eigenvalue weighted by atomic mass is 9.86. The summed E-state index contributed by atoms with van der Waals surface area (Å²) < 4.78 is 5.51. The van der Waals surface area contributed by atoms with Gasteiger partial charge in [0.05, 0.1) is 0 Å². The zero-order valence-electron chi connectivity index (χ0n) is 16.7. The molecule has 0 aromatic heterocycles. The van der Waals surface area contributed by atoms with Gasteiger partial charge in [-0.2, -0.15) is 0 Å². The maximum atomic E-state index is 5.51. The molecule has 0 aliphatic carbocycles. The number of hydrogen-bond donors (Lipinski definition) is 0. The normalized spacial score (nSPS) is 11.8. The molecule has 1 aromatic carbocycles. The van der Waals surface area contributed by atoms with Gasteiger partial charge in [-0.05, 0) is 42.2 Å². The van der Waals surface area contributed by atoms with Crippen molar-refractivity contribution in [2.75, 3.05) is 13.2 Å². The minimum absolute atomic E-state index is 0.265. The van der Waals surface area contributed by atoms with Crippen LogP contribution in [0.3, 0.4) is 0 Å². The number of unbranched alkanes of at least 4 members (excludes halogenated alkanes) is 7. The molecule has 138 valence electrons. The molecule has 1 nitrogen and oxygen atoms in total. The molecule has 1 heteroatoms. The van der Waals surface area contributed by atoms with E-state index in [1.165, 1.54) is 68.9 Å². The van der Waals surface area contributed by atoms with Crippen LogP contribution >= 0.6 is 0 Å². The second-order valence-corrected chi connectivity index (χ2v) is 8.14. The molecule has 0 amide bonds. The van der Waals surface area contributed by atoms with Crippen LogP contribution < -0.4 is 0 Å². The number of hydrogen-bond acceptors (Lipinski definition) is 1. The zero-order valence-corrected chi connectivity index (χ0v) is 16.7. The fraction of sp³-hybridized carbons (Fsp3) is 0.739. The van der Waals surface area contributed by atoms with E-state index in [9.17, 15) is 0 Å². The van der Waals surface area contributed by atoms with Crippen molar-refractivity contribution in [3.63, 3.8) is 0 Å². The average molecular weight is 333 g/mol. The third-order valence-corrected chi connectivity index (χ3v) is 4.67. The first-order chi connectivity index (χ1) is 11.5. The maximum Gasteiger partial charge on any atom is 0.0466 e. The number of rotatable bonds is 13. The highest BCUT2D eigenvalue weighted by Crippen LogP contribution is 2.22. The van der Waals surface area contributed by atoms with E-state index >= 15 is 0 Å². The maximum absolute atomic E-state index is 5.51. The van der Waals surface area contributed by atoms with Gasteiger partial charge in [0.1, 0.15) is 0 Å². The minimum Gasteiger partial charge on any atom is -0.381 e. The van der Waals surface area contributed by atoms with Gasteiger partial charge in [-0.25, -0.2) is 0 Å². The van der Waals surface area contributed by atoms with Gasteiger partial charge in [0, 0.05) is 13.2 Å². The summed E-state index contributed by atoms with van der Waals surface area (Å²) in [5.41, 5.74) is 3.20. The van der Waals surface area contributed by atoms with Gasteiger partial charge < -0.3 is 4.74 Å². The van der Waals surface area contributed by atoms with Crippen molar-refractivity contribution in [3.8, 4) is 0 Å². The van der Waals surface area contributed by atoms with Crippen molar-refractivity contribution in [2.24, 2.45) is 0 Å². The van der Waals surface area contributed by atoms with E-state index in [4.69, 9.17) is 4.74 Å². The smallest absolute Gasteiger partial charge is 0.0466 e. The molecule has 0 saturated carbocycles. The van der Waals surface area contributed by atoms with Gasteiger partial charge in [0.15, 0.2) is 0 Å². The van der Waals surface area contributed by atoms with Crippen LogP contribution in [0.4, 0.5) is 0 Å². The van der Waals surface area contributed by atoms with Gasteiger partial charge >= 0.3 is 0 Å². The molecule has 0 saturated heterocycles. The first kappa shape index (κ1) is 21.2. The van der Waals surface area contributed by atoms with Crippen LogP contribution in [0.25, 0.3) is 0 Å². The monoisotopic (exact) mass is 332 g/mol. The van der Waals surface area contributed by atoms with E-state index in [1.807, 2.05) is 0 Å². The molecule has 24 heavy (non-hydrogen) atoms. The highest BCUT2D eigenvalue weighted by atomic mass is 16.5. The largest absolute Gasteiger partial charge is 0.381 e. The van der Waals surface area contributed by atoms with E-state index < -0.39 is 0 Å². The van der Waals surface area contributed by atoms with Crippen LogP contribution in [0.15, 0.2) is 24.3 Å². The van der Waals surface area contributed by atoms with Crippen molar-refractivity contribution >= 4 is 0 Å². The fourth-order valence-corrected chi connectivity index (χ4v) is 3.01. The van der Waals surface area contributed by atoms with Crippen molar-refractivity contribution in [1.82, 2.24) is 0 Å². The Labute approximate surface area is 151 Å². The summed E-state index contributed by atoms with van der Waals surface area (Å²) in [6.07, 6.45) is 13.2. The van der Waals surface area contributed by atoms with Crippen LogP contribution in [0.1, 0.15) is 96.6 Å². The van der Waals surface area contributed by atoms with E-state index in [1.54, 1.807) is 0 Å². The van der Waals surface area contributed by atoms with Gasteiger partial charge in [-0.1, -0.05) is 90.5 Å². The first-order valence-corrected chi connectivity index (χ1v) is 10.2. The van der Waals surface area contributed by atoms with Crippen molar-refractivity contribution in [3.05, 3.63) is 35.4 Å². The van der Waals surface area contributed by atoms with E-state index in [0.717, 1.165) is 19.6 Å². The third kappa shape index (κ3) is 10.1. The summed E-state index contributed by atoms with van der Waals surface area (Å²) in [6.45, 7) is 10.9. The summed E-state index contributed by atoms with van der Waals surface area (Å²) in [7, 11) is 0. The molecule has 0 N–H and O–H groups in total. The Balaban J connectivity index is 1.95. The van der Waals surface area contributed by atoms with Gasteiger partial charge in [-0.15, -0.1) is 0 Å². The third-order valence-electron chi connectivity index (χ3n) is 4.67. The Hall–Kier alpha value is -0.820. The molecule has 0 aliphatic rings. The molecule has 1 rings (SSSR count). The second kappa shape index (κ2) is 12.5. The highest BCUT2D eigenvalue weighted by molar-refractivity contribution is 5.27. The quantitative estimate of drug-likeness (QED) is 0.351. The van der Waals surface area contributed by atoms with Crippen LogP contribution in [-0.4, -0.2) is 13.2 Å². The molecule has 0 spiro atoms. The summed E-state index contributed by atoms with van der Waals surface area (Å²) in [6, 6.07) is 9.25. The van der Waals surface area contributed by atoms with Crippen LogP contribution in [-0.2, 0) is 16.6 Å². The molecule has 0 bridgehead atoms. The van der Waals surface area contributed by atoms with Gasteiger partial charge in [-0.3, -0.25) is 0 Å². The Morgan fingerprint density at radius 2 is 1.25 bits per heavy atom. The second-order valence-electron chi connectivity index (χ2n) is 8.14. The topological polar surface area (TPSA) is 9.23 Å². The molecular formula is C23H40O. The van der Waals surface area contributed by atoms with Crippen molar-refractivity contribution in [1.29, 1.82) is 0 Å². The van der Waals surface area contributed by atoms with Gasteiger partial charge in [0.25, 0.3) is 0 Å². The highest BCUT2D eigenvalue weighted by Gasteiger charge is 2.12. The molecule has 1 aromatic rings. The summed E-state index contributed by atoms with van der Waals surface area (Å²) >= 11 is 0. The number of benzene rings is 1. The van der Waals surface area contributed by atoms with E-state index in [-0.39, 0.29) is 5.41 Å². The van der Waals surface area contributed by atoms with Crippen LogP contribution in [0, 0.1) is 0 Å². The lowest BCUT2D eigenvalue weighted by molar-refractivity contribution is 0.130. The minimum atomic E-state index is 0.265. The van der Waals surface area contributed by atoms with Crippen LogP contribution in [0.5, 0.6) is 0 Å². The standard InChI is InChI=1S/C23H40O/c1-5-19-24-20-13-11-9-7-6-8-10-12-14-21-15-17-22(18-16-21)23(2,3)4/h15-18H,5-14,19-20H2,1-4H3. The fourth-order valence-electron chi connectivity index (χ4n) is 3.01. The lowest BCUT2D eigenvalue weighted by Crippen LogP contribution is -2.10. The number of ether oxygens (including phenoxy) is 1. The first-order valence-electron chi connectivity index (χ1n) is 10.2. The Morgan fingerprint density at radius 3 is 1.79 bits per heavy atom. The van der Waals surface area contributed by atoms with Crippen LogP contribution in [0.2, 0.25) is 0 Å². The summed E-state index contributed by atoms with van der Waals surface area (Å²) in [4.78, 5) is 0. The SMILES string of the molecule is CCCOCCCCCCCCCCc1ccc(C(C)(C)C)cc1. The zero-order chi connectivity index (χ0) is 17.7. The molecule has 0 atom stereocenters. The van der Waals surface area contributed by atoms with Crippen molar-refractivity contribution in [2.45, 2.75) is 97.3 Å². The Morgan fingerprint density at radius 1 is 0.708 bits per heavy atom. The molecule has 0 aliphatic heterocycles. The molecule has 0 heterocycles. The van der Waals surface area contributed by atoms with E-state index in [0.29, 0.717) is 0 Å². The lowest BCUT2D eigenvalue weighted by Gasteiger charge is -2.19. The predicted molar refractivity (Wildman–Crippen MR) is 107 cm³/mol. The number of aryl methyl sites for hydroxylation is 1. The average Bonchev–Trinajstić information content (AvgIpc) is 2.55. The molecule has 0 unspecified atom stereocenters. The molecule has 0 fully saturated rings. The Kier molecular flexibility index (Phi) is 11.1. The van der Waals surface area contributed by atoms with Gasteiger partial charge in [0.2, 0.25) is 0 Å². The van der Waals surface area contributed by atoms with E-state index in [2.05, 4.69) is 52.0 Å². The molecule has 0 radical (unpaired) electrons. The summed E-state index contributed by atoms with van der Waals surface area (Å²) in [5, 5.41) is 0. The van der Waals surface area contributed by atoms with Crippen molar-refractivity contribution < 1.29 is 4.74 Å². The molecular weight excluding hydrogens is 292 g/mol. The Bertz CT molecular complexity index is 399. The predicted octanol–water partition coefficient (Wildman–Crippen LogP) is 7.07.